The summed E-state index contributed by atoms with van der Waals surface area (Å²) in [5, 5.41) is 7.87. The fourth-order valence-electron chi connectivity index (χ4n) is 3.53. The van der Waals surface area contributed by atoms with Crippen LogP contribution in [-0.4, -0.2) is 62.6 Å². The minimum Gasteiger partial charge on any atom is -0.336 e. The smallest absolute Gasteiger partial charge is 0.317 e. The normalized spacial score (nSPS) is 22.3. The van der Waals surface area contributed by atoms with Gasteiger partial charge in [-0.25, -0.2) is 9.78 Å². The molecule has 0 spiro atoms. The quantitative estimate of drug-likeness (QED) is 0.871. The first kappa shape index (κ1) is 15.5. The van der Waals surface area contributed by atoms with Gasteiger partial charge in [-0.15, -0.1) is 0 Å². The molecule has 0 unspecified atom stereocenters. The number of nitrogens with one attached hydrogen (secondary N) is 1. The predicted octanol–water partition coefficient (Wildman–Crippen LogP) is 0.449. The molecule has 0 saturated carbocycles. The zero-order valence-corrected chi connectivity index (χ0v) is 14.4. The van der Waals surface area contributed by atoms with Gasteiger partial charge in [0.25, 0.3) is 5.56 Å². The van der Waals surface area contributed by atoms with Gasteiger partial charge in [0.05, 0.1) is 5.69 Å². The number of hydrogen-bond acceptors (Lipinski definition) is 6. The van der Waals surface area contributed by atoms with Gasteiger partial charge in [0, 0.05) is 38.3 Å². The molecule has 2 aliphatic heterocycles. The van der Waals surface area contributed by atoms with Crippen molar-refractivity contribution in [3.8, 4) is 0 Å². The highest BCUT2D eigenvalue weighted by atomic mass is 32.1. The van der Waals surface area contributed by atoms with Gasteiger partial charge in [-0.05, 0) is 26.3 Å². The third kappa shape index (κ3) is 2.89. The first-order valence-corrected chi connectivity index (χ1v) is 9.05. The largest absolute Gasteiger partial charge is 0.336 e. The average Bonchev–Trinajstić information content (AvgIpc) is 3.13. The number of likely N-dealkylation sites (tertiary alicyclic amines) is 1. The highest BCUT2D eigenvalue weighted by Crippen LogP contribution is 2.19. The molecular formula is C15H20N6O2S. The van der Waals surface area contributed by atoms with Crippen molar-refractivity contribution in [2.45, 2.75) is 32.4 Å². The number of fused-ring (bicyclic) bond motifs is 1. The zero-order valence-electron chi connectivity index (χ0n) is 13.6. The van der Waals surface area contributed by atoms with Crippen molar-refractivity contribution in [2.75, 3.05) is 26.2 Å². The van der Waals surface area contributed by atoms with Crippen molar-refractivity contribution < 1.29 is 4.79 Å². The number of rotatable bonds is 3. The van der Waals surface area contributed by atoms with Crippen molar-refractivity contribution in [3.63, 3.8) is 0 Å². The first-order valence-electron chi connectivity index (χ1n) is 8.23. The molecule has 2 saturated heterocycles. The number of nitrogens with zero attached hydrogens (tertiary/aromatic N) is 5. The van der Waals surface area contributed by atoms with Crippen molar-refractivity contribution in [1.29, 1.82) is 0 Å². The van der Waals surface area contributed by atoms with Gasteiger partial charge in [0.15, 0.2) is 0 Å². The first-order chi connectivity index (χ1) is 11.6. The number of carbonyl (C=O) groups excluding carboxylic acids is 1. The fourth-order valence-corrected chi connectivity index (χ4v) is 4.29. The lowest BCUT2D eigenvalue weighted by atomic mass is 10.0. The molecule has 24 heavy (non-hydrogen) atoms. The van der Waals surface area contributed by atoms with Crippen LogP contribution in [0, 0.1) is 6.92 Å². The van der Waals surface area contributed by atoms with E-state index in [0.717, 1.165) is 49.7 Å². The topological polar surface area (TPSA) is 82.8 Å². The summed E-state index contributed by atoms with van der Waals surface area (Å²) in [6.07, 6.45) is 2.09. The summed E-state index contributed by atoms with van der Waals surface area (Å²) in [7, 11) is 0. The van der Waals surface area contributed by atoms with Crippen LogP contribution in [0.2, 0.25) is 0 Å². The predicted molar refractivity (Wildman–Crippen MR) is 90.3 cm³/mol. The molecule has 2 aliphatic rings. The second kappa shape index (κ2) is 6.14. The van der Waals surface area contributed by atoms with E-state index in [1.807, 2.05) is 11.8 Å². The van der Waals surface area contributed by atoms with Gasteiger partial charge in [0.1, 0.15) is 5.01 Å². The van der Waals surface area contributed by atoms with Gasteiger partial charge < -0.3 is 10.2 Å². The molecule has 1 atom stereocenters. The van der Waals surface area contributed by atoms with E-state index in [9.17, 15) is 9.59 Å². The van der Waals surface area contributed by atoms with E-state index in [2.05, 4.69) is 20.3 Å². The second-order valence-corrected chi connectivity index (χ2v) is 7.52. The number of aryl methyl sites for hydroxylation is 1. The Morgan fingerprint density at radius 3 is 3.04 bits per heavy atom. The maximum atomic E-state index is 12.2. The van der Waals surface area contributed by atoms with Crippen LogP contribution < -0.4 is 10.9 Å². The Hall–Kier alpha value is -2.00. The van der Waals surface area contributed by atoms with E-state index in [1.54, 1.807) is 6.07 Å². The van der Waals surface area contributed by atoms with E-state index >= 15 is 0 Å². The number of carbonyl (C=O) groups is 1. The molecule has 0 bridgehead atoms. The summed E-state index contributed by atoms with van der Waals surface area (Å²) >= 11 is 1.42. The van der Waals surface area contributed by atoms with Crippen molar-refractivity contribution in [3.05, 3.63) is 27.1 Å². The Bertz CT molecular complexity index is 831. The minimum atomic E-state index is -0.133. The van der Waals surface area contributed by atoms with Gasteiger partial charge in [-0.3, -0.25) is 9.69 Å². The molecule has 4 heterocycles. The number of piperidine rings is 1. The molecule has 0 aromatic carbocycles. The summed E-state index contributed by atoms with van der Waals surface area (Å²) in [5.41, 5.74) is 0.641. The summed E-state index contributed by atoms with van der Waals surface area (Å²) in [4.78, 5) is 33.5. The van der Waals surface area contributed by atoms with E-state index in [-0.39, 0.29) is 17.6 Å². The minimum absolute atomic E-state index is 0.0415. The lowest BCUT2D eigenvalue weighted by Crippen LogP contribution is -2.48. The third-order valence-corrected chi connectivity index (χ3v) is 5.42. The number of amides is 2. The van der Waals surface area contributed by atoms with Crippen molar-refractivity contribution >= 4 is 22.3 Å². The Morgan fingerprint density at radius 2 is 2.25 bits per heavy atom. The molecule has 4 rings (SSSR count). The number of aromatic nitrogens is 3. The van der Waals surface area contributed by atoms with E-state index in [1.165, 1.54) is 15.9 Å². The highest BCUT2D eigenvalue weighted by Gasteiger charge is 2.31. The van der Waals surface area contributed by atoms with Crippen LogP contribution in [0.1, 0.15) is 23.5 Å². The molecule has 2 aromatic rings. The number of hydrogen-bond donors (Lipinski definition) is 1. The van der Waals surface area contributed by atoms with Crippen LogP contribution in [0.4, 0.5) is 4.79 Å². The average molecular weight is 348 g/mol. The summed E-state index contributed by atoms with van der Waals surface area (Å²) < 4.78 is 1.36. The fraction of sp³-hybridized carbons (Fsp3) is 0.600. The van der Waals surface area contributed by atoms with Gasteiger partial charge in [-0.1, -0.05) is 11.3 Å². The zero-order chi connectivity index (χ0) is 16.7. The lowest BCUT2D eigenvalue weighted by molar-refractivity contribution is 0.121. The van der Waals surface area contributed by atoms with Crippen LogP contribution in [0.3, 0.4) is 0 Å². The molecule has 2 fully saturated rings. The maximum absolute atomic E-state index is 12.2. The number of urea groups is 1. The summed E-state index contributed by atoms with van der Waals surface area (Å²) in [5.74, 6) is 0. The van der Waals surface area contributed by atoms with Crippen LogP contribution in [0.5, 0.6) is 0 Å². The summed E-state index contributed by atoms with van der Waals surface area (Å²) in [6.45, 7) is 5.81. The molecule has 2 amide bonds. The Labute approximate surface area is 143 Å². The monoisotopic (exact) mass is 348 g/mol. The van der Waals surface area contributed by atoms with Crippen LogP contribution in [0.25, 0.3) is 4.96 Å². The molecule has 0 aliphatic carbocycles. The highest BCUT2D eigenvalue weighted by molar-refractivity contribution is 7.16. The summed E-state index contributed by atoms with van der Waals surface area (Å²) in [6, 6.07) is 1.86. The van der Waals surface area contributed by atoms with Gasteiger partial charge in [0.2, 0.25) is 4.96 Å². The Balaban J connectivity index is 1.50. The molecule has 0 radical (unpaired) electrons. The molecule has 1 N–H and O–H groups in total. The maximum Gasteiger partial charge on any atom is 0.317 e. The molecule has 128 valence electrons. The molecular weight excluding hydrogens is 328 g/mol. The molecule has 9 heteroatoms. The Morgan fingerprint density at radius 1 is 1.38 bits per heavy atom. The molecule has 8 nitrogen and oxygen atoms in total. The SMILES string of the molecule is Cc1nn2c(=O)cc(CN3CCC[C@@H](N4CCNC4=O)C3)nc2s1. The van der Waals surface area contributed by atoms with E-state index in [4.69, 9.17) is 0 Å². The van der Waals surface area contributed by atoms with E-state index < -0.39 is 0 Å². The molecule has 2 aromatic heterocycles. The second-order valence-electron chi connectivity index (χ2n) is 6.36. The van der Waals surface area contributed by atoms with Crippen molar-refractivity contribution in [1.82, 2.24) is 29.7 Å². The van der Waals surface area contributed by atoms with Crippen LogP contribution >= 0.6 is 11.3 Å². The van der Waals surface area contributed by atoms with Gasteiger partial charge in [-0.2, -0.15) is 9.61 Å². The van der Waals surface area contributed by atoms with Crippen LogP contribution in [0.15, 0.2) is 10.9 Å². The van der Waals surface area contributed by atoms with Crippen LogP contribution in [-0.2, 0) is 6.54 Å². The van der Waals surface area contributed by atoms with Crippen molar-refractivity contribution in [2.24, 2.45) is 0 Å². The third-order valence-electron chi connectivity index (χ3n) is 4.60. The Kier molecular flexibility index (Phi) is 3.97. The van der Waals surface area contributed by atoms with Gasteiger partial charge >= 0.3 is 6.03 Å². The standard InChI is InChI=1S/C15H20N6O2S/c1-10-18-21-13(22)7-11(17-15(21)24-10)8-19-5-2-3-12(9-19)20-6-4-16-14(20)23/h7,12H,2-6,8-9H2,1H3,(H,16,23)/t12-/m1/s1. The lowest BCUT2D eigenvalue weighted by Gasteiger charge is -2.36. The van der Waals surface area contributed by atoms with E-state index in [0.29, 0.717) is 11.5 Å².